The number of benzene rings is 1. The lowest BCUT2D eigenvalue weighted by atomic mass is 9.95. The van der Waals surface area contributed by atoms with Gasteiger partial charge in [0.1, 0.15) is 18.1 Å². The zero-order chi connectivity index (χ0) is 28.6. The van der Waals surface area contributed by atoms with Gasteiger partial charge in [-0.25, -0.2) is 4.79 Å². The average Bonchev–Trinajstić information content (AvgIpc) is 3.26. The first kappa shape index (κ1) is 30.3. The highest BCUT2D eigenvalue weighted by Crippen LogP contribution is 2.19. The van der Waals surface area contributed by atoms with Gasteiger partial charge in [0.05, 0.1) is 12.5 Å². The number of hydrogen-bond acceptors (Lipinski definition) is 6. The molecule has 0 saturated heterocycles. The van der Waals surface area contributed by atoms with Crippen molar-refractivity contribution in [1.29, 1.82) is 0 Å². The zero-order valence-electron chi connectivity index (χ0n) is 22.0. The summed E-state index contributed by atoms with van der Waals surface area (Å²) in [7, 11) is 0. The molecule has 38 heavy (non-hydrogen) atoms. The summed E-state index contributed by atoms with van der Waals surface area (Å²) >= 11 is 0. The summed E-state index contributed by atoms with van der Waals surface area (Å²) in [5, 5.41) is 26.6. The van der Waals surface area contributed by atoms with Crippen LogP contribution < -0.4 is 21.7 Å². The third kappa shape index (κ3) is 8.04. The number of aromatic nitrogens is 1. The van der Waals surface area contributed by atoms with E-state index in [1.165, 1.54) is 0 Å². The molecule has 5 atom stereocenters. The van der Waals surface area contributed by atoms with Crippen LogP contribution in [-0.2, 0) is 30.4 Å². The van der Waals surface area contributed by atoms with E-state index in [9.17, 15) is 29.1 Å². The number of H-pyrrole nitrogens is 1. The van der Waals surface area contributed by atoms with Gasteiger partial charge in [-0.1, -0.05) is 52.3 Å². The largest absolute Gasteiger partial charge is 0.481 e. The first-order chi connectivity index (χ1) is 17.8. The average molecular weight is 532 g/mol. The van der Waals surface area contributed by atoms with Crippen LogP contribution in [0.5, 0.6) is 0 Å². The van der Waals surface area contributed by atoms with Crippen LogP contribution in [0.1, 0.15) is 46.1 Å². The molecule has 2 rings (SSSR count). The number of carboxylic acids is 2. The van der Waals surface area contributed by atoms with Crippen LogP contribution in [0.15, 0.2) is 30.5 Å². The number of hydrogen-bond donors (Lipinski definition) is 7. The number of amides is 3. The topological polar surface area (TPSA) is 204 Å². The summed E-state index contributed by atoms with van der Waals surface area (Å²) in [6.45, 7) is 6.91. The molecule has 0 radical (unpaired) electrons. The van der Waals surface area contributed by atoms with E-state index in [-0.39, 0.29) is 12.3 Å². The number of aliphatic carboxylic acids is 2. The summed E-state index contributed by atoms with van der Waals surface area (Å²) in [5.41, 5.74) is 7.96. The van der Waals surface area contributed by atoms with Gasteiger partial charge in [-0.05, 0) is 29.9 Å². The number of nitrogens with one attached hydrogen (secondary N) is 4. The molecule has 12 heteroatoms. The van der Waals surface area contributed by atoms with Gasteiger partial charge in [-0.2, -0.15) is 0 Å². The van der Waals surface area contributed by atoms with E-state index in [0.717, 1.165) is 16.5 Å². The Morgan fingerprint density at radius 2 is 1.53 bits per heavy atom. The fourth-order valence-corrected chi connectivity index (χ4v) is 4.01. The molecular weight excluding hydrogens is 494 g/mol. The van der Waals surface area contributed by atoms with Gasteiger partial charge in [0.2, 0.25) is 17.7 Å². The molecule has 0 saturated carbocycles. The molecule has 2 aromatic rings. The minimum atomic E-state index is -1.66. The molecule has 0 aliphatic carbocycles. The lowest BCUT2D eigenvalue weighted by Crippen LogP contribution is -2.60. The quantitative estimate of drug-likeness (QED) is 0.185. The van der Waals surface area contributed by atoms with Crippen molar-refractivity contribution in [2.24, 2.45) is 17.6 Å². The van der Waals surface area contributed by atoms with Gasteiger partial charge in [0.15, 0.2) is 0 Å². The minimum absolute atomic E-state index is 0.238. The molecule has 0 bridgehead atoms. The van der Waals surface area contributed by atoms with Crippen LogP contribution in [0.25, 0.3) is 10.9 Å². The molecule has 1 aromatic heterocycles. The Bertz CT molecular complexity index is 1160. The van der Waals surface area contributed by atoms with E-state index in [1.54, 1.807) is 27.0 Å². The summed E-state index contributed by atoms with van der Waals surface area (Å²) in [5.74, 6) is -5.69. The standard InChI is InChI=1S/C26H37N5O7/c1-5-14(4)22(31-23(34)17(27)10-15-12-28-18-9-7-6-8-16(15)18)25(36)30-21(13(2)3)24(35)29-19(26(37)38)11-20(32)33/h6-9,12-14,17,19,21-22,28H,5,10-11,27H2,1-4H3,(H,29,35)(H,30,36)(H,31,34)(H,32,33)(H,37,38). The number of rotatable bonds is 14. The van der Waals surface area contributed by atoms with Crippen molar-refractivity contribution >= 4 is 40.6 Å². The minimum Gasteiger partial charge on any atom is -0.481 e. The Hall–Kier alpha value is -3.93. The molecule has 12 nitrogen and oxygen atoms in total. The number of para-hydroxylation sites is 1. The smallest absolute Gasteiger partial charge is 0.326 e. The SMILES string of the molecule is CCC(C)C(NC(=O)C(N)Cc1c[nH]c2ccccc12)C(=O)NC(C(=O)NC(CC(=O)O)C(=O)O)C(C)C. The predicted octanol–water partition coefficient (Wildman–Crippen LogP) is 0.754. The Labute approximate surface area is 220 Å². The number of carboxylic acid groups (broad SMARTS) is 2. The number of carbonyl (C=O) groups is 5. The third-order valence-electron chi connectivity index (χ3n) is 6.48. The highest BCUT2D eigenvalue weighted by molar-refractivity contribution is 5.95. The second-order valence-electron chi connectivity index (χ2n) is 9.77. The Morgan fingerprint density at radius 1 is 0.921 bits per heavy atom. The first-order valence-corrected chi connectivity index (χ1v) is 12.5. The Morgan fingerprint density at radius 3 is 2.11 bits per heavy atom. The van der Waals surface area contributed by atoms with Crippen LogP contribution in [0.4, 0.5) is 0 Å². The molecular formula is C26H37N5O7. The summed E-state index contributed by atoms with van der Waals surface area (Å²) in [4.78, 5) is 64.5. The van der Waals surface area contributed by atoms with E-state index in [4.69, 9.17) is 10.8 Å². The molecule has 0 spiro atoms. The van der Waals surface area contributed by atoms with Crippen molar-refractivity contribution in [3.8, 4) is 0 Å². The van der Waals surface area contributed by atoms with Gasteiger partial charge < -0.3 is 36.9 Å². The molecule has 3 amide bonds. The summed E-state index contributed by atoms with van der Waals surface area (Å²) in [6, 6.07) is 2.83. The first-order valence-electron chi connectivity index (χ1n) is 12.5. The summed E-state index contributed by atoms with van der Waals surface area (Å²) in [6.07, 6.45) is 1.74. The van der Waals surface area contributed by atoms with Gasteiger partial charge in [-0.15, -0.1) is 0 Å². The number of fused-ring (bicyclic) bond motifs is 1. The highest BCUT2D eigenvalue weighted by atomic mass is 16.4. The third-order valence-corrected chi connectivity index (χ3v) is 6.48. The van der Waals surface area contributed by atoms with Crippen molar-refractivity contribution in [3.63, 3.8) is 0 Å². The number of carbonyl (C=O) groups excluding carboxylic acids is 3. The fraction of sp³-hybridized carbons (Fsp3) is 0.500. The van der Waals surface area contributed by atoms with Crippen molar-refractivity contribution < 1.29 is 34.2 Å². The van der Waals surface area contributed by atoms with Crippen molar-refractivity contribution in [3.05, 3.63) is 36.0 Å². The van der Waals surface area contributed by atoms with Gasteiger partial charge in [0, 0.05) is 17.1 Å². The Balaban J connectivity index is 2.13. The van der Waals surface area contributed by atoms with Crippen LogP contribution in [0, 0.1) is 11.8 Å². The van der Waals surface area contributed by atoms with Crippen molar-refractivity contribution in [2.75, 3.05) is 0 Å². The van der Waals surface area contributed by atoms with Gasteiger partial charge >= 0.3 is 11.9 Å². The highest BCUT2D eigenvalue weighted by Gasteiger charge is 2.34. The maximum Gasteiger partial charge on any atom is 0.326 e. The van der Waals surface area contributed by atoms with Crippen LogP contribution in [-0.4, -0.2) is 69.0 Å². The second kappa shape index (κ2) is 13.6. The summed E-state index contributed by atoms with van der Waals surface area (Å²) < 4.78 is 0. The second-order valence-corrected chi connectivity index (χ2v) is 9.77. The van der Waals surface area contributed by atoms with E-state index < -0.39 is 66.2 Å². The molecule has 0 fully saturated rings. The van der Waals surface area contributed by atoms with Crippen LogP contribution >= 0.6 is 0 Å². The zero-order valence-corrected chi connectivity index (χ0v) is 22.0. The molecule has 208 valence electrons. The predicted molar refractivity (Wildman–Crippen MR) is 140 cm³/mol. The normalized spacial score (nSPS) is 15.2. The van der Waals surface area contributed by atoms with E-state index in [1.807, 2.05) is 31.2 Å². The molecule has 5 unspecified atom stereocenters. The molecule has 0 aliphatic heterocycles. The molecule has 8 N–H and O–H groups in total. The van der Waals surface area contributed by atoms with E-state index in [0.29, 0.717) is 6.42 Å². The molecule has 1 aromatic carbocycles. The fourth-order valence-electron chi connectivity index (χ4n) is 4.01. The molecule has 0 aliphatic rings. The van der Waals surface area contributed by atoms with Crippen LogP contribution in [0.2, 0.25) is 0 Å². The lowest BCUT2D eigenvalue weighted by molar-refractivity contribution is -0.147. The number of nitrogens with two attached hydrogens (primary N) is 1. The Kier molecular flexibility index (Phi) is 10.8. The maximum absolute atomic E-state index is 13.2. The maximum atomic E-state index is 13.2. The lowest BCUT2D eigenvalue weighted by Gasteiger charge is -2.29. The molecule has 1 heterocycles. The monoisotopic (exact) mass is 531 g/mol. The number of aromatic amines is 1. The van der Waals surface area contributed by atoms with Gasteiger partial charge in [-0.3, -0.25) is 19.2 Å². The van der Waals surface area contributed by atoms with Gasteiger partial charge in [0.25, 0.3) is 0 Å². The van der Waals surface area contributed by atoms with E-state index >= 15 is 0 Å². The van der Waals surface area contributed by atoms with Crippen LogP contribution in [0.3, 0.4) is 0 Å². The van der Waals surface area contributed by atoms with Crippen molar-refractivity contribution in [1.82, 2.24) is 20.9 Å². The van der Waals surface area contributed by atoms with Crippen molar-refractivity contribution in [2.45, 2.75) is 71.1 Å². The van der Waals surface area contributed by atoms with E-state index in [2.05, 4.69) is 20.9 Å².